The van der Waals surface area contributed by atoms with Crippen LogP contribution in [0.3, 0.4) is 0 Å². The fourth-order valence-corrected chi connectivity index (χ4v) is 3.83. The Morgan fingerprint density at radius 1 is 1.21 bits per heavy atom. The Morgan fingerprint density at radius 2 is 1.94 bits per heavy atom. The number of esters is 1. The van der Waals surface area contributed by atoms with E-state index in [4.69, 9.17) is 9.47 Å². The van der Waals surface area contributed by atoms with Crippen LogP contribution in [-0.4, -0.2) is 61.6 Å². The highest BCUT2D eigenvalue weighted by molar-refractivity contribution is 6.05. The molecule has 174 valence electrons. The van der Waals surface area contributed by atoms with Crippen LogP contribution in [-0.2, 0) is 19.9 Å². The van der Waals surface area contributed by atoms with E-state index in [-0.39, 0.29) is 24.2 Å². The molecule has 1 saturated heterocycles. The number of hydrogen-bond donors (Lipinski definition) is 3. The molecule has 0 unspecified atom stereocenters. The summed E-state index contributed by atoms with van der Waals surface area (Å²) in [7, 11) is 0. The molecule has 10 nitrogen and oxygen atoms in total. The first-order valence-electron chi connectivity index (χ1n) is 10.6. The molecule has 1 fully saturated rings. The number of ether oxygens (including phenoxy) is 2. The van der Waals surface area contributed by atoms with E-state index in [0.717, 1.165) is 0 Å². The van der Waals surface area contributed by atoms with Gasteiger partial charge in [0, 0.05) is 5.56 Å². The third-order valence-corrected chi connectivity index (χ3v) is 5.75. The van der Waals surface area contributed by atoms with Crippen LogP contribution in [0.5, 0.6) is 0 Å². The molecule has 10 heteroatoms. The van der Waals surface area contributed by atoms with Gasteiger partial charge >= 0.3 is 5.97 Å². The van der Waals surface area contributed by atoms with E-state index < -0.39 is 29.9 Å². The fraction of sp³-hybridized carbons (Fsp3) is 0.391. The number of aliphatic hydroxyl groups excluding tert-OH is 2. The van der Waals surface area contributed by atoms with Crippen molar-refractivity contribution >= 4 is 23.2 Å². The van der Waals surface area contributed by atoms with Gasteiger partial charge in [0.05, 0.1) is 11.6 Å². The van der Waals surface area contributed by atoms with Gasteiger partial charge in [0.1, 0.15) is 42.4 Å². The highest BCUT2D eigenvalue weighted by Crippen LogP contribution is 2.40. The maximum Gasteiger partial charge on any atom is 0.308 e. The van der Waals surface area contributed by atoms with Gasteiger partial charge < -0.3 is 25.0 Å². The number of fused-ring (bicyclic) bond motifs is 1. The molecule has 2 aromatic heterocycles. The summed E-state index contributed by atoms with van der Waals surface area (Å²) in [4.78, 5) is 28.6. The topological polar surface area (TPSA) is 135 Å². The summed E-state index contributed by atoms with van der Waals surface area (Å²) < 4.78 is 12.7. The lowest BCUT2D eigenvalue weighted by molar-refractivity contribution is -0.155. The van der Waals surface area contributed by atoms with Gasteiger partial charge in [0.15, 0.2) is 5.82 Å². The van der Waals surface area contributed by atoms with Crippen LogP contribution in [0, 0.1) is 5.92 Å². The number of benzene rings is 1. The summed E-state index contributed by atoms with van der Waals surface area (Å²) in [6.45, 7) is 4.83. The van der Waals surface area contributed by atoms with Gasteiger partial charge in [-0.25, -0.2) is 9.50 Å². The monoisotopic (exact) mass is 454 g/mol. The predicted molar refractivity (Wildman–Crippen MR) is 117 cm³/mol. The van der Waals surface area contributed by atoms with Crippen molar-refractivity contribution in [3.63, 3.8) is 0 Å². The minimum atomic E-state index is -1.35. The number of hydrogen-bond acceptors (Lipinski definition) is 8. The fourth-order valence-electron chi connectivity index (χ4n) is 3.83. The second-order valence-electron chi connectivity index (χ2n) is 8.43. The minimum Gasteiger partial charge on any atom is -0.463 e. The average molecular weight is 454 g/mol. The van der Waals surface area contributed by atoms with Gasteiger partial charge in [-0.15, -0.1) is 0 Å². The number of rotatable bonds is 6. The van der Waals surface area contributed by atoms with Crippen LogP contribution in [0.4, 0.5) is 5.82 Å². The predicted octanol–water partition coefficient (Wildman–Crippen LogP) is 1.52. The number of carbonyl (C=O) groups excluding carboxylic acids is 2. The summed E-state index contributed by atoms with van der Waals surface area (Å²) in [5.41, 5.74) is 0.0530. The largest absolute Gasteiger partial charge is 0.463 e. The van der Waals surface area contributed by atoms with E-state index in [0.29, 0.717) is 16.8 Å². The first kappa shape index (κ1) is 22.8. The van der Waals surface area contributed by atoms with Crippen molar-refractivity contribution in [2.75, 3.05) is 11.9 Å². The molecule has 4 atom stereocenters. The van der Waals surface area contributed by atoms with Crippen LogP contribution < -0.4 is 5.32 Å². The van der Waals surface area contributed by atoms with Crippen LogP contribution >= 0.6 is 0 Å². The lowest BCUT2D eigenvalue weighted by Crippen LogP contribution is -2.39. The van der Waals surface area contributed by atoms with Gasteiger partial charge in [0.25, 0.3) is 5.91 Å². The Morgan fingerprint density at radius 3 is 2.64 bits per heavy atom. The van der Waals surface area contributed by atoms with Gasteiger partial charge in [-0.2, -0.15) is 5.10 Å². The van der Waals surface area contributed by atoms with Crippen molar-refractivity contribution in [3.05, 3.63) is 60.0 Å². The van der Waals surface area contributed by atoms with Crippen molar-refractivity contribution in [3.8, 4) is 0 Å². The van der Waals surface area contributed by atoms with E-state index in [1.54, 1.807) is 57.2 Å². The van der Waals surface area contributed by atoms with Crippen molar-refractivity contribution in [1.29, 1.82) is 0 Å². The normalized spacial score (nSPS) is 24.8. The van der Waals surface area contributed by atoms with Gasteiger partial charge in [0.2, 0.25) is 0 Å². The first-order valence-corrected chi connectivity index (χ1v) is 10.6. The van der Waals surface area contributed by atoms with Gasteiger partial charge in [-0.05, 0) is 31.2 Å². The number of anilines is 1. The second kappa shape index (κ2) is 8.89. The quantitative estimate of drug-likeness (QED) is 0.477. The Balaban J connectivity index is 1.60. The summed E-state index contributed by atoms with van der Waals surface area (Å²) in [5, 5.41) is 28.4. The molecule has 0 spiro atoms. The zero-order chi connectivity index (χ0) is 23.8. The first-order chi connectivity index (χ1) is 15.7. The lowest BCUT2D eigenvalue weighted by Gasteiger charge is -2.27. The van der Waals surface area contributed by atoms with Gasteiger partial charge in [-0.1, -0.05) is 32.0 Å². The summed E-state index contributed by atoms with van der Waals surface area (Å²) in [5.74, 6) is -0.793. The molecular weight excluding hydrogens is 428 g/mol. The third kappa shape index (κ3) is 4.20. The molecule has 4 rings (SSSR count). The van der Waals surface area contributed by atoms with Crippen molar-refractivity contribution < 1.29 is 29.3 Å². The number of aliphatic hydroxyl groups is 2. The Kier molecular flexibility index (Phi) is 6.15. The van der Waals surface area contributed by atoms with E-state index in [2.05, 4.69) is 15.4 Å². The Bertz CT molecular complexity index is 1160. The molecule has 0 aliphatic carbocycles. The average Bonchev–Trinajstić information content (AvgIpc) is 3.34. The molecule has 3 heterocycles. The van der Waals surface area contributed by atoms with Crippen molar-refractivity contribution in [2.45, 2.75) is 44.7 Å². The molecule has 3 N–H and O–H groups in total. The molecule has 1 aromatic carbocycles. The van der Waals surface area contributed by atoms with Gasteiger partial charge in [-0.3, -0.25) is 9.59 Å². The number of nitrogens with one attached hydrogen (secondary N) is 1. The molecule has 0 radical (unpaired) electrons. The zero-order valence-electron chi connectivity index (χ0n) is 18.5. The molecule has 1 aliphatic heterocycles. The molecule has 1 aliphatic rings. The lowest BCUT2D eigenvalue weighted by atomic mass is 9.93. The second-order valence-corrected chi connectivity index (χ2v) is 8.43. The van der Waals surface area contributed by atoms with Crippen LogP contribution in [0.25, 0.3) is 5.52 Å². The Labute approximate surface area is 190 Å². The summed E-state index contributed by atoms with van der Waals surface area (Å²) >= 11 is 0. The van der Waals surface area contributed by atoms with E-state index in [9.17, 15) is 19.8 Å². The van der Waals surface area contributed by atoms with Crippen molar-refractivity contribution in [2.24, 2.45) is 5.92 Å². The standard InChI is InChI=1S/C23H26N4O6/c1-13(2)22(31)32-11-16-18(28)19(29)23(3,33-16)17-10-9-15-20(24-12-25-27(15)17)26-21(30)14-7-5-4-6-8-14/h4-10,12-13,16,18-19,28-29H,11H2,1-3H3,(H,24,25,26,30)/t16-,18-,19-,23+/m1/s1. The zero-order valence-corrected chi connectivity index (χ0v) is 18.5. The van der Waals surface area contributed by atoms with Crippen LogP contribution in [0.15, 0.2) is 48.8 Å². The molecule has 3 aromatic rings. The highest BCUT2D eigenvalue weighted by atomic mass is 16.6. The molecule has 0 bridgehead atoms. The maximum atomic E-state index is 12.6. The number of carbonyl (C=O) groups is 2. The number of amides is 1. The van der Waals surface area contributed by atoms with Crippen LogP contribution in [0.2, 0.25) is 0 Å². The third-order valence-electron chi connectivity index (χ3n) is 5.75. The van der Waals surface area contributed by atoms with E-state index in [1.165, 1.54) is 10.8 Å². The summed E-state index contributed by atoms with van der Waals surface area (Å²) in [6.07, 6.45) is -2.23. The number of nitrogens with zero attached hydrogens (tertiary/aromatic N) is 3. The molecular formula is C23H26N4O6. The smallest absolute Gasteiger partial charge is 0.308 e. The highest BCUT2D eigenvalue weighted by Gasteiger charge is 2.54. The van der Waals surface area contributed by atoms with Crippen LogP contribution in [0.1, 0.15) is 36.8 Å². The number of aromatic nitrogens is 3. The van der Waals surface area contributed by atoms with E-state index >= 15 is 0 Å². The molecule has 0 saturated carbocycles. The minimum absolute atomic E-state index is 0.193. The molecule has 1 amide bonds. The summed E-state index contributed by atoms with van der Waals surface area (Å²) in [6, 6.07) is 12.1. The Hall–Kier alpha value is -3.34. The van der Waals surface area contributed by atoms with Crippen molar-refractivity contribution in [1.82, 2.24) is 14.6 Å². The SMILES string of the molecule is CC(C)C(=O)OC[C@H]1O[C@@](C)(c2ccc3c(NC(=O)c4ccccc4)ncnn23)[C@H](O)[C@@H]1O. The maximum absolute atomic E-state index is 12.6. The van der Waals surface area contributed by atoms with E-state index in [1.807, 2.05) is 6.07 Å². The molecule has 33 heavy (non-hydrogen) atoms.